The van der Waals surface area contributed by atoms with Gasteiger partial charge in [-0.05, 0) is 30.7 Å². The van der Waals surface area contributed by atoms with E-state index in [4.69, 9.17) is 11.6 Å². The van der Waals surface area contributed by atoms with Crippen LogP contribution in [0.2, 0.25) is 5.28 Å². The van der Waals surface area contributed by atoms with E-state index in [-0.39, 0.29) is 11.2 Å². The number of halogens is 1. The van der Waals surface area contributed by atoms with Gasteiger partial charge in [0.25, 0.3) is 0 Å². The molecule has 2 aromatic heterocycles. The van der Waals surface area contributed by atoms with Gasteiger partial charge in [0.1, 0.15) is 5.52 Å². The van der Waals surface area contributed by atoms with Crippen molar-refractivity contribution in [2.45, 2.75) is 6.92 Å². The lowest BCUT2D eigenvalue weighted by atomic mass is 10.1. The van der Waals surface area contributed by atoms with E-state index in [0.717, 1.165) is 11.1 Å². The van der Waals surface area contributed by atoms with Crippen molar-refractivity contribution in [3.05, 3.63) is 47.4 Å². The number of hydrogen-bond acceptors (Lipinski definition) is 4. The third kappa shape index (κ3) is 2.11. The summed E-state index contributed by atoms with van der Waals surface area (Å²) >= 11 is 5.80. The number of fused-ring (bicyclic) bond motifs is 1. The Balaban J connectivity index is 2.36. The van der Waals surface area contributed by atoms with E-state index in [0.29, 0.717) is 16.6 Å². The normalized spacial score (nSPS) is 10.8. The molecule has 0 aliphatic carbocycles. The van der Waals surface area contributed by atoms with Gasteiger partial charge in [-0.2, -0.15) is 4.98 Å². The molecule has 2 heterocycles. The standard InChI is InChI=1S/C14H10ClN3O/c1-8-3-2-4-9(7-8)11-12-10(5-6-16-11)13(19)18-14(15)17-12/h2-7H,1H3,(H,17,18,19). The minimum Gasteiger partial charge on any atom is -0.493 e. The van der Waals surface area contributed by atoms with Crippen molar-refractivity contribution in [1.82, 2.24) is 15.0 Å². The molecular formula is C14H10ClN3O. The number of aromatic hydroxyl groups is 1. The average molecular weight is 272 g/mol. The van der Waals surface area contributed by atoms with Crippen molar-refractivity contribution in [1.29, 1.82) is 0 Å². The highest BCUT2D eigenvalue weighted by atomic mass is 35.5. The fourth-order valence-corrected chi connectivity index (χ4v) is 2.18. The van der Waals surface area contributed by atoms with Crippen LogP contribution in [0.15, 0.2) is 36.5 Å². The number of aromatic nitrogens is 3. The fraction of sp³-hybridized carbons (Fsp3) is 0.0714. The van der Waals surface area contributed by atoms with Crippen LogP contribution < -0.4 is 0 Å². The molecule has 4 nitrogen and oxygen atoms in total. The number of pyridine rings is 1. The molecule has 0 aliphatic heterocycles. The molecule has 0 radical (unpaired) electrons. The Bertz CT molecular complexity index is 774. The Labute approximate surface area is 114 Å². The first kappa shape index (κ1) is 11.9. The molecule has 1 N–H and O–H groups in total. The van der Waals surface area contributed by atoms with Crippen molar-refractivity contribution >= 4 is 22.5 Å². The molecule has 0 unspecified atom stereocenters. The van der Waals surface area contributed by atoms with E-state index in [1.54, 1.807) is 12.3 Å². The topological polar surface area (TPSA) is 58.9 Å². The summed E-state index contributed by atoms with van der Waals surface area (Å²) in [4.78, 5) is 12.3. The maximum Gasteiger partial charge on any atom is 0.226 e. The van der Waals surface area contributed by atoms with Crippen LogP contribution in [0.1, 0.15) is 5.56 Å². The summed E-state index contributed by atoms with van der Waals surface area (Å²) in [5, 5.41) is 10.4. The third-order valence-corrected chi connectivity index (χ3v) is 3.03. The Morgan fingerprint density at radius 3 is 2.79 bits per heavy atom. The lowest BCUT2D eigenvalue weighted by Gasteiger charge is -2.06. The summed E-state index contributed by atoms with van der Waals surface area (Å²) < 4.78 is 0. The molecule has 0 bridgehead atoms. The van der Waals surface area contributed by atoms with Crippen LogP contribution in [0.25, 0.3) is 22.2 Å². The first-order valence-corrected chi connectivity index (χ1v) is 6.11. The summed E-state index contributed by atoms with van der Waals surface area (Å²) in [5.74, 6) is -0.133. The first-order valence-electron chi connectivity index (χ1n) is 5.73. The zero-order valence-electron chi connectivity index (χ0n) is 10.1. The van der Waals surface area contributed by atoms with E-state index < -0.39 is 0 Å². The van der Waals surface area contributed by atoms with Gasteiger partial charge in [-0.3, -0.25) is 4.98 Å². The Kier molecular flexibility index (Phi) is 2.80. The second-order valence-corrected chi connectivity index (χ2v) is 4.58. The van der Waals surface area contributed by atoms with Crippen LogP contribution in [-0.4, -0.2) is 20.1 Å². The number of nitrogens with zero attached hydrogens (tertiary/aromatic N) is 3. The molecule has 0 fully saturated rings. The van der Waals surface area contributed by atoms with Crippen LogP contribution >= 0.6 is 11.6 Å². The predicted molar refractivity (Wildman–Crippen MR) is 74.2 cm³/mol. The summed E-state index contributed by atoms with van der Waals surface area (Å²) in [6.07, 6.45) is 1.62. The van der Waals surface area contributed by atoms with Gasteiger partial charge in [0.15, 0.2) is 0 Å². The van der Waals surface area contributed by atoms with E-state index in [2.05, 4.69) is 15.0 Å². The second kappa shape index (κ2) is 4.48. The van der Waals surface area contributed by atoms with Crippen molar-refractivity contribution in [3.8, 4) is 17.1 Å². The molecule has 0 spiro atoms. The van der Waals surface area contributed by atoms with Gasteiger partial charge in [0.05, 0.1) is 11.1 Å². The molecular weight excluding hydrogens is 262 g/mol. The molecule has 1 aromatic carbocycles. The maximum atomic E-state index is 9.81. The van der Waals surface area contributed by atoms with Crippen LogP contribution in [0, 0.1) is 6.92 Å². The van der Waals surface area contributed by atoms with Crippen LogP contribution in [-0.2, 0) is 0 Å². The van der Waals surface area contributed by atoms with Crippen LogP contribution in [0.5, 0.6) is 5.88 Å². The van der Waals surface area contributed by atoms with Gasteiger partial charge < -0.3 is 5.11 Å². The van der Waals surface area contributed by atoms with Crippen LogP contribution in [0.3, 0.4) is 0 Å². The van der Waals surface area contributed by atoms with E-state index in [9.17, 15) is 5.11 Å². The number of aryl methyl sites for hydroxylation is 1. The van der Waals surface area contributed by atoms with Crippen molar-refractivity contribution < 1.29 is 5.11 Å². The fourth-order valence-electron chi connectivity index (χ4n) is 2.02. The molecule has 0 saturated carbocycles. The first-order chi connectivity index (χ1) is 9.15. The zero-order chi connectivity index (χ0) is 13.4. The minimum atomic E-state index is -0.133. The van der Waals surface area contributed by atoms with Gasteiger partial charge in [-0.15, -0.1) is 0 Å². The quantitative estimate of drug-likeness (QED) is 0.690. The highest BCUT2D eigenvalue weighted by Gasteiger charge is 2.11. The van der Waals surface area contributed by atoms with Gasteiger partial charge in [-0.25, -0.2) is 4.98 Å². The summed E-state index contributed by atoms with van der Waals surface area (Å²) in [6.45, 7) is 2.01. The molecule has 94 valence electrons. The number of hydrogen-bond donors (Lipinski definition) is 1. The average Bonchev–Trinajstić information content (AvgIpc) is 2.38. The lowest BCUT2D eigenvalue weighted by Crippen LogP contribution is -1.92. The summed E-state index contributed by atoms with van der Waals surface area (Å²) in [7, 11) is 0. The highest BCUT2D eigenvalue weighted by molar-refractivity contribution is 6.28. The molecule has 3 aromatic rings. The molecule has 0 aliphatic rings. The second-order valence-electron chi connectivity index (χ2n) is 4.24. The lowest BCUT2D eigenvalue weighted by molar-refractivity contribution is 0.459. The molecule has 0 atom stereocenters. The Morgan fingerprint density at radius 2 is 2.00 bits per heavy atom. The smallest absolute Gasteiger partial charge is 0.226 e. The van der Waals surface area contributed by atoms with Crippen molar-refractivity contribution in [3.63, 3.8) is 0 Å². The molecule has 0 amide bonds. The SMILES string of the molecule is Cc1cccc(-c2nccc3c(O)nc(Cl)nc23)c1. The van der Waals surface area contributed by atoms with Gasteiger partial charge in [0, 0.05) is 11.8 Å². The largest absolute Gasteiger partial charge is 0.493 e. The van der Waals surface area contributed by atoms with Crippen molar-refractivity contribution in [2.24, 2.45) is 0 Å². The molecule has 19 heavy (non-hydrogen) atoms. The van der Waals surface area contributed by atoms with E-state index in [1.807, 2.05) is 31.2 Å². The maximum absolute atomic E-state index is 9.81. The molecule has 5 heteroatoms. The Morgan fingerprint density at radius 1 is 1.16 bits per heavy atom. The predicted octanol–water partition coefficient (Wildman–Crippen LogP) is 3.36. The number of benzene rings is 1. The Hall–Kier alpha value is -2.20. The molecule has 0 saturated heterocycles. The molecule has 3 rings (SSSR count). The van der Waals surface area contributed by atoms with E-state index >= 15 is 0 Å². The van der Waals surface area contributed by atoms with Crippen molar-refractivity contribution in [2.75, 3.05) is 0 Å². The zero-order valence-corrected chi connectivity index (χ0v) is 10.9. The monoisotopic (exact) mass is 271 g/mol. The number of rotatable bonds is 1. The van der Waals surface area contributed by atoms with Gasteiger partial charge in [-0.1, -0.05) is 23.8 Å². The van der Waals surface area contributed by atoms with Gasteiger partial charge >= 0.3 is 0 Å². The third-order valence-electron chi connectivity index (χ3n) is 2.86. The summed E-state index contributed by atoms with van der Waals surface area (Å²) in [6, 6.07) is 9.58. The van der Waals surface area contributed by atoms with Gasteiger partial charge in [0.2, 0.25) is 11.2 Å². The van der Waals surface area contributed by atoms with Crippen LogP contribution in [0.4, 0.5) is 0 Å². The minimum absolute atomic E-state index is 0.00639. The van der Waals surface area contributed by atoms with E-state index in [1.165, 1.54) is 0 Å². The summed E-state index contributed by atoms with van der Waals surface area (Å²) in [5.41, 5.74) is 3.28. The highest BCUT2D eigenvalue weighted by Crippen LogP contribution is 2.30.